The van der Waals surface area contributed by atoms with E-state index in [0.717, 1.165) is 0 Å². The first-order valence-electron chi connectivity index (χ1n) is 3.44. The Hall–Kier alpha value is -0.930. The molecule has 0 bridgehead atoms. The Morgan fingerprint density at radius 1 is 1.73 bits per heavy atom. The summed E-state index contributed by atoms with van der Waals surface area (Å²) in [6.45, 7) is 4.22. The molecule has 0 fully saturated rings. The number of hydrogen-bond donors (Lipinski definition) is 1. The van der Waals surface area contributed by atoms with Gasteiger partial charge in [-0.3, -0.25) is 4.99 Å². The Morgan fingerprint density at radius 2 is 2.45 bits per heavy atom. The first-order valence-corrected chi connectivity index (χ1v) is 3.44. The lowest BCUT2D eigenvalue weighted by Gasteiger charge is -2.13. The second-order valence-electron chi connectivity index (χ2n) is 2.35. The third kappa shape index (κ3) is 1.76. The number of alkyl halides is 2. The van der Waals surface area contributed by atoms with Crippen LogP contribution in [0.5, 0.6) is 0 Å². The average molecular weight is 160 g/mol. The van der Waals surface area contributed by atoms with Crippen LogP contribution in [0.3, 0.4) is 0 Å². The van der Waals surface area contributed by atoms with Crippen molar-refractivity contribution in [3.63, 3.8) is 0 Å². The van der Waals surface area contributed by atoms with Crippen LogP contribution in [-0.4, -0.2) is 24.8 Å². The fraction of sp³-hybridized carbons (Fsp3) is 0.571. The maximum absolute atomic E-state index is 12.9. The van der Waals surface area contributed by atoms with E-state index in [1.165, 1.54) is 6.08 Å². The zero-order valence-electron chi connectivity index (χ0n) is 6.11. The van der Waals surface area contributed by atoms with Crippen LogP contribution in [0.15, 0.2) is 17.6 Å². The summed E-state index contributed by atoms with van der Waals surface area (Å²) in [6, 6.07) is 0. The van der Waals surface area contributed by atoms with Gasteiger partial charge in [-0.25, -0.2) is 0 Å². The molecule has 0 aromatic heterocycles. The van der Waals surface area contributed by atoms with Gasteiger partial charge in [-0.1, -0.05) is 6.08 Å². The molecule has 1 N–H and O–H groups in total. The van der Waals surface area contributed by atoms with Crippen LogP contribution in [-0.2, 0) is 0 Å². The normalized spacial score (nSPS) is 17.5. The molecule has 0 aromatic rings. The van der Waals surface area contributed by atoms with Crippen molar-refractivity contribution in [2.45, 2.75) is 12.3 Å². The van der Waals surface area contributed by atoms with Gasteiger partial charge in [0.15, 0.2) is 5.84 Å². The van der Waals surface area contributed by atoms with E-state index >= 15 is 0 Å². The summed E-state index contributed by atoms with van der Waals surface area (Å²) in [7, 11) is 0. The molecule has 1 heterocycles. The topological polar surface area (TPSA) is 24.4 Å². The molecule has 62 valence electrons. The van der Waals surface area contributed by atoms with Gasteiger partial charge < -0.3 is 5.32 Å². The number of hydrogen-bond acceptors (Lipinski definition) is 2. The number of rotatable bonds is 3. The third-order valence-corrected chi connectivity index (χ3v) is 1.42. The zero-order valence-corrected chi connectivity index (χ0v) is 6.11. The second kappa shape index (κ2) is 2.98. The molecule has 0 unspecified atom stereocenters. The molecule has 4 heteroatoms. The molecule has 1 rings (SSSR count). The van der Waals surface area contributed by atoms with Crippen molar-refractivity contribution in [2.75, 3.05) is 13.1 Å². The maximum Gasteiger partial charge on any atom is 0.307 e. The van der Waals surface area contributed by atoms with E-state index in [1.807, 2.05) is 0 Å². The van der Waals surface area contributed by atoms with E-state index in [0.29, 0.717) is 13.1 Å². The number of halogens is 2. The minimum atomic E-state index is -2.85. The van der Waals surface area contributed by atoms with Gasteiger partial charge in [0, 0.05) is 13.0 Å². The van der Waals surface area contributed by atoms with Gasteiger partial charge in [0.25, 0.3) is 0 Å². The van der Waals surface area contributed by atoms with Crippen LogP contribution in [0.1, 0.15) is 6.42 Å². The fourth-order valence-corrected chi connectivity index (χ4v) is 0.921. The molecule has 11 heavy (non-hydrogen) atoms. The zero-order chi connectivity index (χ0) is 8.32. The summed E-state index contributed by atoms with van der Waals surface area (Å²) in [5, 5.41) is 2.53. The number of allylic oxidation sites excluding steroid dienone is 1. The summed E-state index contributed by atoms with van der Waals surface area (Å²) in [6.07, 6.45) is 0.849. The summed E-state index contributed by atoms with van der Waals surface area (Å²) in [5.74, 6) is -3.05. The molecule has 0 spiro atoms. The van der Waals surface area contributed by atoms with Gasteiger partial charge in [0.05, 0.1) is 6.54 Å². The smallest absolute Gasteiger partial charge is 0.307 e. The number of aliphatic imine (C=N–C) groups is 1. The molecule has 2 nitrogen and oxygen atoms in total. The Kier molecular flexibility index (Phi) is 2.22. The average Bonchev–Trinajstić information content (AvgIpc) is 2.37. The molecule has 0 radical (unpaired) electrons. The lowest BCUT2D eigenvalue weighted by molar-refractivity contribution is 0.0786. The number of nitrogens with one attached hydrogen (secondary N) is 1. The van der Waals surface area contributed by atoms with Gasteiger partial charge in [-0.15, -0.1) is 6.58 Å². The summed E-state index contributed by atoms with van der Waals surface area (Å²) in [4.78, 5) is 3.63. The molecule has 0 saturated carbocycles. The quantitative estimate of drug-likeness (QED) is 0.616. The lowest BCUT2D eigenvalue weighted by atomic mass is 10.2. The molecule has 0 aromatic carbocycles. The number of nitrogens with zero attached hydrogens (tertiary/aromatic N) is 1. The van der Waals surface area contributed by atoms with Crippen molar-refractivity contribution in [1.29, 1.82) is 0 Å². The van der Waals surface area contributed by atoms with Crippen LogP contribution in [0.4, 0.5) is 8.78 Å². The highest BCUT2D eigenvalue weighted by Crippen LogP contribution is 2.20. The summed E-state index contributed by atoms with van der Waals surface area (Å²) in [5.41, 5.74) is 0. The van der Waals surface area contributed by atoms with Gasteiger partial charge in [-0.2, -0.15) is 8.78 Å². The SMILES string of the molecule is C=CCC(F)(F)C1=NCCN1. The molecule has 0 atom stereocenters. The molecule has 0 saturated heterocycles. The van der Waals surface area contributed by atoms with E-state index < -0.39 is 5.92 Å². The van der Waals surface area contributed by atoms with Crippen molar-refractivity contribution in [1.82, 2.24) is 5.32 Å². The van der Waals surface area contributed by atoms with Crippen LogP contribution in [0, 0.1) is 0 Å². The van der Waals surface area contributed by atoms with Gasteiger partial charge >= 0.3 is 5.92 Å². The van der Waals surface area contributed by atoms with Crippen molar-refractivity contribution in [3.05, 3.63) is 12.7 Å². The predicted octanol–water partition coefficient (Wildman–Crippen LogP) is 1.20. The van der Waals surface area contributed by atoms with Gasteiger partial charge in [-0.05, 0) is 0 Å². The standard InChI is InChI=1S/C7H10F2N2/c1-2-3-7(8,9)6-10-4-5-11-6/h2H,1,3-5H2,(H,10,11). The first-order chi connectivity index (χ1) is 5.17. The van der Waals surface area contributed by atoms with Crippen LogP contribution < -0.4 is 5.32 Å². The van der Waals surface area contributed by atoms with Gasteiger partial charge in [0.2, 0.25) is 0 Å². The van der Waals surface area contributed by atoms with E-state index in [-0.39, 0.29) is 12.3 Å². The van der Waals surface area contributed by atoms with E-state index in [4.69, 9.17) is 0 Å². The van der Waals surface area contributed by atoms with Crippen molar-refractivity contribution < 1.29 is 8.78 Å². The molecule has 1 aliphatic heterocycles. The Morgan fingerprint density at radius 3 is 2.91 bits per heavy atom. The molecule has 0 amide bonds. The van der Waals surface area contributed by atoms with Crippen LogP contribution in [0.2, 0.25) is 0 Å². The van der Waals surface area contributed by atoms with E-state index in [9.17, 15) is 8.78 Å². The largest absolute Gasteiger partial charge is 0.367 e. The molecule has 0 aliphatic carbocycles. The van der Waals surface area contributed by atoms with Crippen molar-refractivity contribution >= 4 is 5.84 Å². The lowest BCUT2D eigenvalue weighted by Crippen LogP contribution is -2.36. The fourth-order valence-electron chi connectivity index (χ4n) is 0.921. The molecular weight excluding hydrogens is 150 g/mol. The van der Waals surface area contributed by atoms with E-state index in [2.05, 4.69) is 16.9 Å². The van der Waals surface area contributed by atoms with Crippen molar-refractivity contribution in [2.24, 2.45) is 4.99 Å². The molecular formula is C7H10F2N2. The van der Waals surface area contributed by atoms with Crippen LogP contribution in [0.25, 0.3) is 0 Å². The highest BCUT2D eigenvalue weighted by atomic mass is 19.3. The van der Waals surface area contributed by atoms with E-state index in [1.54, 1.807) is 0 Å². The third-order valence-electron chi connectivity index (χ3n) is 1.42. The highest BCUT2D eigenvalue weighted by Gasteiger charge is 2.35. The number of amidine groups is 1. The molecule has 1 aliphatic rings. The highest BCUT2D eigenvalue weighted by molar-refractivity contribution is 5.90. The van der Waals surface area contributed by atoms with Crippen molar-refractivity contribution in [3.8, 4) is 0 Å². The van der Waals surface area contributed by atoms with Gasteiger partial charge in [0.1, 0.15) is 0 Å². The maximum atomic E-state index is 12.9. The second-order valence-corrected chi connectivity index (χ2v) is 2.35. The first kappa shape index (κ1) is 8.17. The van der Waals surface area contributed by atoms with Crippen LogP contribution >= 0.6 is 0 Å². The Balaban J connectivity index is 2.62. The Bertz CT molecular complexity index is 187. The summed E-state index contributed by atoms with van der Waals surface area (Å²) >= 11 is 0. The minimum absolute atomic E-state index is 0.197. The Labute approximate surface area is 64.0 Å². The monoisotopic (exact) mass is 160 g/mol. The predicted molar refractivity (Wildman–Crippen MR) is 40.1 cm³/mol. The minimum Gasteiger partial charge on any atom is -0.367 e. The summed E-state index contributed by atoms with van der Waals surface area (Å²) < 4.78 is 25.7.